The number of carbonyl (C=O) groups is 1. The van der Waals surface area contributed by atoms with Gasteiger partial charge in [-0.15, -0.1) is 0 Å². The monoisotopic (exact) mass is 432 g/mol. The van der Waals surface area contributed by atoms with Gasteiger partial charge >= 0.3 is 0 Å². The first kappa shape index (κ1) is 21.7. The van der Waals surface area contributed by atoms with Crippen LogP contribution < -0.4 is 10.1 Å². The fourth-order valence-electron chi connectivity index (χ4n) is 4.11. The molecule has 1 unspecified atom stereocenters. The number of aromatic nitrogens is 4. The van der Waals surface area contributed by atoms with Crippen molar-refractivity contribution in [3.8, 4) is 17.3 Å². The Hall–Kier alpha value is -3.55. The third-order valence-electron chi connectivity index (χ3n) is 5.91. The third-order valence-corrected chi connectivity index (χ3v) is 5.91. The van der Waals surface area contributed by atoms with Gasteiger partial charge in [-0.1, -0.05) is 0 Å². The summed E-state index contributed by atoms with van der Waals surface area (Å²) in [5, 5.41) is 3.48. The van der Waals surface area contributed by atoms with Crippen LogP contribution in [0.15, 0.2) is 42.9 Å². The maximum Gasteiger partial charge on any atom is 0.229 e. The van der Waals surface area contributed by atoms with Gasteiger partial charge in [0.05, 0.1) is 18.7 Å². The minimum absolute atomic E-state index is 0.117. The number of nitrogens with zero attached hydrogens (tertiary/aromatic N) is 5. The zero-order valence-corrected chi connectivity index (χ0v) is 18.9. The second-order valence-electron chi connectivity index (χ2n) is 8.12. The summed E-state index contributed by atoms with van der Waals surface area (Å²) in [7, 11) is 1.58. The molecule has 1 aliphatic rings. The molecule has 2 atom stereocenters. The van der Waals surface area contributed by atoms with Gasteiger partial charge in [-0.2, -0.15) is 0 Å². The fraction of sp³-hybridized carbons (Fsp3) is 0.375. The van der Waals surface area contributed by atoms with Crippen molar-refractivity contribution in [2.24, 2.45) is 0 Å². The molecule has 0 aliphatic carbocycles. The van der Waals surface area contributed by atoms with Gasteiger partial charge in [0, 0.05) is 49.4 Å². The van der Waals surface area contributed by atoms with E-state index in [1.54, 1.807) is 31.8 Å². The molecule has 166 valence electrons. The third kappa shape index (κ3) is 4.54. The standard InChI is InChI=1S/C24H28N6O2/c1-15-13-27-22(32-4)12-20(15)16(2)24(31)30-11-8-18(14-30)29-21-7-6-19(17(3)28-21)23-25-9-5-10-26-23/h5-7,9-10,12-13,16,18H,8,11,14H2,1-4H3,(H,28,29)/t16?,18-/m0/s1. The number of anilines is 1. The van der Waals surface area contributed by atoms with Crippen molar-refractivity contribution < 1.29 is 9.53 Å². The highest BCUT2D eigenvalue weighted by molar-refractivity contribution is 5.84. The molecule has 3 aromatic rings. The van der Waals surface area contributed by atoms with Crippen LogP contribution in [0.3, 0.4) is 0 Å². The average Bonchev–Trinajstić information content (AvgIpc) is 3.27. The van der Waals surface area contributed by atoms with Crippen LogP contribution in [0.4, 0.5) is 5.82 Å². The lowest BCUT2D eigenvalue weighted by atomic mass is 9.97. The molecule has 0 bridgehead atoms. The second-order valence-corrected chi connectivity index (χ2v) is 8.12. The first-order chi connectivity index (χ1) is 15.5. The Balaban J connectivity index is 1.40. The van der Waals surface area contributed by atoms with E-state index in [1.807, 2.05) is 43.9 Å². The van der Waals surface area contributed by atoms with Crippen molar-refractivity contribution in [2.75, 3.05) is 25.5 Å². The number of amides is 1. The number of aryl methyl sites for hydroxylation is 2. The molecule has 4 rings (SSSR count). The summed E-state index contributed by atoms with van der Waals surface area (Å²) < 4.78 is 5.23. The van der Waals surface area contributed by atoms with Crippen LogP contribution in [-0.4, -0.2) is 57.0 Å². The molecule has 0 aromatic carbocycles. The van der Waals surface area contributed by atoms with Gasteiger partial charge in [-0.25, -0.2) is 19.9 Å². The lowest BCUT2D eigenvalue weighted by Gasteiger charge is -2.23. The van der Waals surface area contributed by atoms with E-state index in [4.69, 9.17) is 4.74 Å². The quantitative estimate of drug-likeness (QED) is 0.638. The molecule has 4 heterocycles. The predicted octanol–water partition coefficient (Wildman–Crippen LogP) is 3.38. The van der Waals surface area contributed by atoms with Gasteiger partial charge in [0.1, 0.15) is 5.82 Å². The lowest BCUT2D eigenvalue weighted by Crippen LogP contribution is -2.34. The zero-order valence-electron chi connectivity index (χ0n) is 18.9. The first-order valence-electron chi connectivity index (χ1n) is 10.8. The molecule has 1 N–H and O–H groups in total. The van der Waals surface area contributed by atoms with Crippen molar-refractivity contribution in [2.45, 2.75) is 39.2 Å². The minimum atomic E-state index is -0.254. The van der Waals surface area contributed by atoms with Crippen LogP contribution in [0.5, 0.6) is 5.88 Å². The summed E-state index contributed by atoms with van der Waals surface area (Å²) in [5.41, 5.74) is 3.72. The van der Waals surface area contributed by atoms with Crippen LogP contribution in [0.25, 0.3) is 11.4 Å². The number of likely N-dealkylation sites (tertiary alicyclic amines) is 1. The molecule has 0 radical (unpaired) electrons. The maximum atomic E-state index is 13.2. The number of hydrogen-bond donors (Lipinski definition) is 1. The highest BCUT2D eigenvalue weighted by Gasteiger charge is 2.30. The van der Waals surface area contributed by atoms with Crippen molar-refractivity contribution in [1.82, 2.24) is 24.8 Å². The number of hydrogen-bond acceptors (Lipinski definition) is 7. The molecule has 0 saturated carbocycles. The normalized spacial score (nSPS) is 16.6. The van der Waals surface area contributed by atoms with Gasteiger partial charge in [0.25, 0.3) is 0 Å². The summed E-state index contributed by atoms with van der Waals surface area (Å²) in [4.78, 5) is 32.6. The Morgan fingerprint density at radius 1 is 1.22 bits per heavy atom. The van der Waals surface area contributed by atoms with Gasteiger partial charge in [-0.05, 0) is 56.5 Å². The number of methoxy groups -OCH3 is 1. The number of ether oxygens (including phenoxy) is 1. The SMILES string of the molecule is COc1cc(C(C)C(=O)N2CC[C@H](Nc3ccc(-c4ncccn4)c(C)n3)C2)c(C)cn1. The Labute approximate surface area is 188 Å². The highest BCUT2D eigenvalue weighted by Crippen LogP contribution is 2.27. The highest BCUT2D eigenvalue weighted by atomic mass is 16.5. The summed E-state index contributed by atoms with van der Waals surface area (Å²) in [6, 6.07) is 7.74. The summed E-state index contributed by atoms with van der Waals surface area (Å²) in [6.45, 7) is 7.23. The molecule has 8 nitrogen and oxygen atoms in total. The second kappa shape index (κ2) is 9.30. The average molecular weight is 433 g/mol. The van der Waals surface area contributed by atoms with Crippen LogP contribution >= 0.6 is 0 Å². The maximum absolute atomic E-state index is 13.2. The Kier molecular flexibility index (Phi) is 6.30. The van der Waals surface area contributed by atoms with E-state index in [9.17, 15) is 4.79 Å². The molecule has 0 spiro atoms. The molecule has 1 fully saturated rings. The van der Waals surface area contributed by atoms with E-state index in [0.717, 1.165) is 41.2 Å². The molecular weight excluding hydrogens is 404 g/mol. The molecular formula is C24H28N6O2. The Bertz CT molecular complexity index is 1100. The van der Waals surface area contributed by atoms with Crippen molar-refractivity contribution >= 4 is 11.7 Å². The number of pyridine rings is 2. The minimum Gasteiger partial charge on any atom is -0.481 e. The van der Waals surface area contributed by atoms with E-state index >= 15 is 0 Å². The first-order valence-corrected chi connectivity index (χ1v) is 10.8. The van der Waals surface area contributed by atoms with Gasteiger partial charge < -0.3 is 15.0 Å². The number of carbonyl (C=O) groups excluding carboxylic acids is 1. The van der Waals surface area contributed by atoms with Gasteiger partial charge in [0.2, 0.25) is 11.8 Å². The fourth-order valence-corrected chi connectivity index (χ4v) is 4.11. The van der Waals surface area contributed by atoms with Crippen molar-refractivity contribution in [3.05, 3.63) is 59.7 Å². The van der Waals surface area contributed by atoms with E-state index in [2.05, 4.69) is 25.3 Å². The smallest absolute Gasteiger partial charge is 0.229 e. The Morgan fingerprint density at radius 2 is 2.00 bits per heavy atom. The van der Waals surface area contributed by atoms with Crippen LogP contribution in [0.1, 0.15) is 36.1 Å². The van der Waals surface area contributed by atoms with E-state index in [1.165, 1.54) is 0 Å². The van der Waals surface area contributed by atoms with Crippen LogP contribution in [-0.2, 0) is 4.79 Å². The van der Waals surface area contributed by atoms with Crippen molar-refractivity contribution in [1.29, 1.82) is 0 Å². The molecule has 8 heteroatoms. The molecule has 3 aromatic heterocycles. The lowest BCUT2D eigenvalue weighted by molar-refractivity contribution is -0.131. The molecule has 32 heavy (non-hydrogen) atoms. The predicted molar refractivity (Wildman–Crippen MR) is 123 cm³/mol. The summed E-state index contributed by atoms with van der Waals surface area (Å²) >= 11 is 0. The van der Waals surface area contributed by atoms with E-state index < -0.39 is 0 Å². The van der Waals surface area contributed by atoms with Crippen molar-refractivity contribution in [3.63, 3.8) is 0 Å². The van der Waals surface area contributed by atoms with E-state index in [-0.39, 0.29) is 17.9 Å². The zero-order chi connectivity index (χ0) is 22.7. The topological polar surface area (TPSA) is 93.1 Å². The van der Waals surface area contributed by atoms with Gasteiger partial charge in [0.15, 0.2) is 5.82 Å². The summed E-state index contributed by atoms with van der Waals surface area (Å²) in [6.07, 6.45) is 6.08. The Morgan fingerprint density at radius 3 is 2.72 bits per heavy atom. The van der Waals surface area contributed by atoms with Gasteiger partial charge in [-0.3, -0.25) is 4.79 Å². The number of rotatable bonds is 6. The van der Waals surface area contributed by atoms with Crippen LogP contribution in [0.2, 0.25) is 0 Å². The largest absolute Gasteiger partial charge is 0.481 e. The molecule has 1 amide bonds. The molecule has 1 aliphatic heterocycles. The molecule has 1 saturated heterocycles. The van der Waals surface area contributed by atoms with Crippen LogP contribution in [0, 0.1) is 13.8 Å². The van der Waals surface area contributed by atoms with E-state index in [0.29, 0.717) is 18.2 Å². The summed E-state index contributed by atoms with van der Waals surface area (Å²) in [5.74, 6) is 1.85. The number of nitrogens with one attached hydrogen (secondary N) is 1.